The number of urea groups is 1. The summed E-state index contributed by atoms with van der Waals surface area (Å²) < 4.78 is 0. The molecule has 20 heavy (non-hydrogen) atoms. The Labute approximate surface area is 123 Å². The van der Waals surface area contributed by atoms with Gasteiger partial charge in [-0.15, -0.1) is 0 Å². The molecule has 6 heteroatoms. The molecule has 2 N–H and O–H groups in total. The highest BCUT2D eigenvalue weighted by Gasteiger charge is 2.49. The molecule has 0 aromatic heterocycles. The lowest BCUT2D eigenvalue weighted by molar-refractivity contribution is -0.142. The second kappa shape index (κ2) is 5.84. The molecule has 5 nitrogen and oxygen atoms in total. The standard InChI is InChI=1S/C14H22N2O3S/c17-13(18)12-11-5-1-3-9(11)8-16(12)14(19)15-7-10-4-2-6-20-10/h9-12H,1-8H2,(H,15,19)(H,17,18). The fourth-order valence-corrected chi connectivity index (χ4v) is 5.14. The van der Waals surface area contributed by atoms with Crippen molar-refractivity contribution in [3.05, 3.63) is 0 Å². The van der Waals surface area contributed by atoms with E-state index in [2.05, 4.69) is 5.32 Å². The predicted molar refractivity (Wildman–Crippen MR) is 77.8 cm³/mol. The summed E-state index contributed by atoms with van der Waals surface area (Å²) in [5.74, 6) is 0.887. The van der Waals surface area contributed by atoms with Crippen LogP contribution in [0.3, 0.4) is 0 Å². The summed E-state index contributed by atoms with van der Waals surface area (Å²) in [5, 5.41) is 12.9. The number of hydrogen-bond donors (Lipinski definition) is 2. The number of carboxylic acid groups (broad SMARTS) is 1. The van der Waals surface area contributed by atoms with Crippen LogP contribution in [0.2, 0.25) is 0 Å². The van der Waals surface area contributed by atoms with E-state index in [1.54, 1.807) is 4.90 Å². The molecular weight excluding hydrogens is 276 g/mol. The van der Waals surface area contributed by atoms with Gasteiger partial charge in [-0.25, -0.2) is 9.59 Å². The number of aliphatic carboxylic acids is 1. The molecule has 0 bridgehead atoms. The molecule has 0 aromatic rings. The zero-order chi connectivity index (χ0) is 14.1. The van der Waals surface area contributed by atoms with Gasteiger partial charge in [-0.3, -0.25) is 0 Å². The van der Waals surface area contributed by atoms with Gasteiger partial charge in [-0.2, -0.15) is 11.8 Å². The van der Waals surface area contributed by atoms with Crippen molar-refractivity contribution in [2.75, 3.05) is 18.8 Å². The SMILES string of the molecule is O=C(O)C1C2CCCC2CN1C(=O)NCC1CCCS1. The lowest BCUT2D eigenvalue weighted by atomic mass is 9.94. The maximum atomic E-state index is 12.3. The van der Waals surface area contributed by atoms with Crippen molar-refractivity contribution in [1.29, 1.82) is 0 Å². The normalized spacial score (nSPS) is 36.1. The first-order valence-electron chi connectivity index (χ1n) is 7.55. The summed E-state index contributed by atoms with van der Waals surface area (Å²) in [5.41, 5.74) is 0. The van der Waals surface area contributed by atoms with E-state index in [1.807, 2.05) is 11.8 Å². The number of rotatable bonds is 3. The lowest BCUT2D eigenvalue weighted by Crippen LogP contribution is -2.49. The Balaban J connectivity index is 1.59. The largest absolute Gasteiger partial charge is 0.480 e. The minimum Gasteiger partial charge on any atom is -0.480 e. The topological polar surface area (TPSA) is 69.6 Å². The minimum absolute atomic E-state index is 0.166. The summed E-state index contributed by atoms with van der Waals surface area (Å²) in [6, 6.07) is -0.793. The van der Waals surface area contributed by atoms with Crippen molar-refractivity contribution in [3.8, 4) is 0 Å². The third-order valence-corrected chi connectivity index (χ3v) is 6.31. The summed E-state index contributed by atoms with van der Waals surface area (Å²) in [6.45, 7) is 1.28. The van der Waals surface area contributed by atoms with Crippen molar-refractivity contribution in [3.63, 3.8) is 0 Å². The third-order valence-electron chi connectivity index (χ3n) is 4.91. The van der Waals surface area contributed by atoms with Crippen molar-refractivity contribution < 1.29 is 14.7 Å². The molecule has 1 saturated carbocycles. The number of carbonyl (C=O) groups is 2. The number of hydrogen-bond acceptors (Lipinski definition) is 3. The fraction of sp³-hybridized carbons (Fsp3) is 0.857. The van der Waals surface area contributed by atoms with Crippen molar-refractivity contribution in [1.82, 2.24) is 10.2 Å². The van der Waals surface area contributed by atoms with Gasteiger partial charge in [-0.05, 0) is 43.3 Å². The highest BCUT2D eigenvalue weighted by atomic mass is 32.2. The number of nitrogens with zero attached hydrogens (tertiary/aromatic N) is 1. The summed E-state index contributed by atoms with van der Waals surface area (Å²) >= 11 is 1.90. The van der Waals surface area contributed by atoms with E-state index in [-0.39, 0.29) is 11.9 Å². The van der Waals surface area contributed by atoms with E-state index in [1.165, 1.54) is 12.2 Å². The van der Waals surface area contributed by atoms with Crippen LogP contribution in [0.1, 0.15) is 32.1 Å². The molecule has 0 radical (unpaired) electrons. The number of fused-ring (bicyclic) bond motifs is 1. The zero-order valence-electron chi connectivity index (χ0n) is 11.6. The van der Waals surface area contributed by atoms with Gasteiger partial charge in [-0.1, -0.05) is 6.42 Å². The van der Waals surface area contributed by atoms with Gasteiger partial charge >= 0.3 is 12.0 Å². The van der Waals surface area contributed by atoms with Crippen molar-refractivity contribution in [2.45, 2.75) is 43.4 Å². The second-order valence-electron chi connectivity index (χ2n) is 6.11. The van der Waals surface area contributed by atoms with Crippen LogP contribution in [0.4, 0.5) is 4.79 Å². The molecule has 3 rings (SSSR count). The Hall–Kier alpha value is -0.910. The van der Waals surface area contributed by atoms with Crippen LogP contribution >= 0.6 is 11.8 Å². The molecule has 4 atom stereocenters. The quantitative estimate of drug-likeness (QED) is 0.833. The number of carboxylic acids is 1. The van der Waals surface area contributed by atoms with E-state index < -0.39 is 12.0 Å². The van der Waals surface area contributed by atoms with Gasteiger partial charge in [0.25, 0.3) is 0 Å². The first kappa shape index (κ1) is 14.0. The molecule has 112 valence electrons. The summed E-state index contributed by atoms with van der Waals surface area (Å²) in [6.07, 6.45) is 5.49. The van der Waals surface area contributed by atoms with E-state index in [0.29, 0.717) is 24.3 Å². The number of thioether (sulfide) groups is 1. The molecule has 1 aliphatic carbocycles. The average molecular weight is 298 g/mol. The maximum absolute atomic E-state index is 12.3. The van der Waals surface area contributed by atoms with Crippen molar-refractivity contribution >= 4 is 23.8 Å². The maximum Gasteiger partial charge on any atom is 0.326 e. The molecule has 2 saturated heterocycles. The van der Waals surface area contributed by atoms with Crippen LogP contribution in [0.15, 0.2) is 0 Å². The highest BCUT2D eigenvalue weighted by molar-refractivity contribution is 8.00. The second-order valence-corrected chi connectivity index (χ2v) is 7.52. The Morgan fingerprint density at radius 2 is 2.10 bits per heavy atom. The monoisotopic (exact) mass is 298 g/mol. The van der Waals surface area contributed by atoms with Gasteiger partial charge in [0.15, 0.2) is 0 Å². The average Bonchev–Trinajstić information content (AvgIpc) is 3.10. The number of amides is 2. The first-order valence-corrected chi connectivity index (χ1v) is 8.60. The number of likely N-dealkylation sites (tertiary alicyclic amines) is 1. The van der Waals surface area contributed by atoms with Crippen molar-refractivity contribution in [2.24, 2.45) is 11.8 Å². The van der Waals surface area contributed by atoms with Crippen LogP contribution in [0.5, 0.6) is 0 Å². The Bertz CT molecular complexity index is 398. The Kier molecular flexibility index (Phi) is 4.10. The van der Waals surface area contributed by atoms with E-state index in [9.17, 15) is 14.7 Å². The van der Waals surface area contributed by atoms with Crippen LogP contribution in [-0.2, 0) is 4.79 Å². The van der Waals surface area contributed by atoms with Gasteiger partial charge in [0.1, 0.15) is 6.04 Å². The molecule has 0 aromatic carbocycles. The number of carbonyl (C=O) groups excluding carboxylic acids is 1. The lowest BCUT2D eigenvalue weighted by Gasteiger charge is -2.25. The van der Waals surface area contributed by atoms with Crippen LogP contribution in [0.25, 0.3) is 0 Å². The van der Waals surface area contributed by atoms with Gasteiger partial charge < -0.3 is 15.3 Å². The predicted octanol–water partition coefficient (Wildman–Crippen LogP) is 1.78. The number of nitrogens with one attached hydrogen (secondary N) is 1. The van der Waals surface area contributed by atoms with Gasteiger partial charge in [0.05, 0.1) is 0 Å². The Morgan fingerprint density at radius 3 is 2.80 bits per heavy atom. The summed E-state index contributed by atoms with van der Waals surface area (Å²) in [4.78, 5) is 25.3. The first-order chi connectivity index (χ1) is 9.66. The molecular formula is C14H22N2O3S. The van der Waals surface area contributed by atoms with Crippen LogP contribution in [0, 0.1) is 11.8 Å². The molecule has 2 heterocycles. The van der Waals surface area contributed by atoms with Crippen LogP contribution < -0.4 is 5.32 Å². The molecule has 4 unspecified atom stereocenters. The molecule has 2 amide bonds. The molecule has 3 aliphatic rings. The van der Waals surface area contributed by atoms with Gasteiger partial charge in [0.2, 0.25) is 0 Å². The minimum atomic E-state index is -0.843. The highest BCUT2D eigenvalue weighted by Crippen LogP contribution is 2.42. The fourth-order valence-electron chi connectivity index (χ4n) is 3.94. The Morgan fingerprint density at radius 1 is 1.25 bits per heavy atom. The summed E-state index contributed by atoms with van der Waals surface area (Å²) in [7, 11) is 0. The van der Waals surface area contributed by atoms with Gasteiger partial charge in [0, 0.05) is 18.3 Å². The van der Waals surface area contributed by atoms with Crippen LogP contribution in [-0.4, -0.2) is 52.1 Å². The smallest absolute Gasteiger partial charge is 0.326 e. The molecule has 3 fully saturated rings. The van der Waals surface area contributed by atoms with E-state index >= 15 is 0 Å². The third kappa shape index (κ3) is 2.62. The van der Waals surface area contributed by atoms with E-state index in [0.717, 1.165) is 25.7 Å². The molecule has 2 aliphatic heterocycles. The molecule has 0 spiro atoms. The van der Waals surface area contributed by atoms with E-state index in [4.69, 9.17) is 0 Å². The zero-order valence-corrected chi connectivity index (χ0v) is 12.4.